The summed E-state index contributed by atoms with van der Waals surface area (Å²) < 4.78 is 0. The first-order chi connectivity index (χ1) is 30.8. The molecule has 10 aromatic rings. The third-order valence-corrected chi connectivity index (χ3v) is 14.3. The molecule has 300 valence electrons. The van der Waals surface area contributed by atoms with E-state index in [-0.39, 0.29) is 10.8 Å². The molecule has 2 aliphatic rings. The van der Waals surface area contributed by atoms with Gasteiger partial charge in [0.25, 0.3) is 0 Å². The molecule has 0 heterocycles. The molecule has 0 bridgehead atoms. The highest BCUT2D eigenvalue weighted by Crippen LogP contribution is 2.57. The summed E-state index contributed by atoms with van der Waals surface area (Å²) in [5.74, 6) is 0. The topological polar surface area (TPSA) is 3.24 Å². The maximum Gasteiger partial charge on any atom is 0.0540 e. The summed E-state index contributed by atoms with van der Waals surface area (Å²) in [6.45, 7) is 9.53. The van der Waals surface area contributed by atoms with Gasteiger partial charge in [-0.15, -0.1) is 0 Å². The minimum absolute atomic E-state index is 0.103. The monoisotopic (exact) mass is 805 g/mol. The van der Waals surface area contributed by atoms with Crippen LogP contribution in [-0.2, 0) is 10.8 Å². The molecule has 0 saturated heterocycles. The molecule has 0 unspecified atom stereocenters. The van der Waals surface area contributed by atoms with Crippen LogP contribution in [0.3, 0.4) is 0 Å². The number of hydrogen-bond donors (Lipinski definition) is 0. The molecule has 0 aromatic heterocycles. The molecule has 1 nitrogen and oxygen atoms in total. The second kappa shape index (κ2) is 14.0. The lowest BCUT2D eigenvalue weighted by molar-refractivity contribution is 0.660. The number of hydrogen-bond acceptors (Lipinski definition) is 1. The fourth-order valence-electron chi connectivity index (χ4n) is 11.4. The van der Waals surface area contributed by atoms with Gasteiger partial charge in [0.1, 0.15) is 0 Å². The molecular weight excluding hydrogens is 759 g/mol. The Hall–Kier alpha value is -7.48. The first kappa shape index (κ1) is 37.3. The van der Waals surface area contributed by atoms with Gasteiger partial charge in [0.05, 0.1) is 11.4 Å². The Labute approximate surface area is 370 Å². The van der Waals surface area contributed by atoms with Crippen LogP contribution in [0.1, 0.15) is 49.9 Å². The second-order valence-electron chi connectivity index (χ2n) is 18.4. The van der Waals surface area contributed by atoms with Crippen molar-refractivity contribution in [1.82, 2.24) is 0 Å². The summed E-state index contributed by atoms with van der Waals surface area (Å²) in [5, 5.41) is 5.06. The van der Waals surface area contributed by atoms with Crippen LogP contribution in [0.2, 0.25) is 0 Å². The van der Waals surface area contributed by atoms with Crippen molar-refractivity contribution in [3.63, 3.8) is 0 Å². The zero-order valence-electron chi connectivity index (χ0n) is 36.2. The largest absolute Gasteiger partial charge is 0.310 e. The molecule has 0 amide bonds. The van der Waals surface area contributed by atoms with Crippen molar-refractivity contribution in [1.29, 1.82) is 0 Å². The van der Waals surface area contributed by atoms with E-state index in [0.29, 0.717) is 0 Å². The van der Waals surface area contributed by atoms with Gasteiger partial charge in [-0.05, 0) is 118 Å². The number of anilines is 3. The number of fused-ring (bicyclic) bond motifs is 9. The fraction of sp³-hybridized carbons (Fsp3) is 0.0968. The maximum absolute atomic E-state index is 2.55. The third-order valence-electron chi connectivity index (χ3n) is 14.3. The van der Waals surface area contributed by atoms with Crippen molar-refractivity contribution in [3.8, 4) is 55.6 Å². The highest BCUT2D eigenvalue weighted by atomic mass is 15.1. The smallest absolute Gasteiger partial charge is 0.0540 e. The Morgan fingerprint density at radius 1 is 0.286 bits per heavy atom. The van der Waals surface area contributed by atoms with Crippen LogP contribution in [0.25, 0.3) is 77.2 Å². The van der Waals surface area contributed by atoms with Gasteiger partial charge in [-0.3, -0.25) is 0 Å². The Kier molecular flexibility index (Phi) is 8.30. The fourth-order valence-corrected chi connectivity index (χ4v) is 11.4. The first-order valence-corrected chi connectivity index (χ1v) is 22.3. The van der Waals surface area contributed by atoms with Crippen LogP contribution in [0.15, 0.2) is 212 Å². The predicted molar refractivity (Wildman–Crippen MR) is 268 cm³/mol. The van der Waals surface area contributed by atoms with Gasteiger partial charge < -0.3 is 4.90 Å². The zero-order chi connectivity index (χ0) is 42.5. The van der Waals surface area contributed by atoms with Crippen molar-refractivity contribution in [3.05, 3.63) is 235 Å². The Balaban J connectivity index is 1.11. The first-order valence-electron chi connectivity index (χ1n) is 22.3. The standard InChI is InChI=1S/C62H47N/c1-61(2)53-32-16-13-28-51(53)59-49(29-18-33-54(59)61)46-25-14-17-34-55(46)63(56-35-19-30-50-45-24-12-15-31-52(45)62(3,4)60(50)56)42-38-36-41(37-39-42)58-48-27-11-9-23-44(48)43-22-8-10-26-47(43)57(58)40-20-6-5-7-21-40/h5-39H,1-4H3. The number of benzene rings is 10. The molecule has 0 N–H and O–H groups in total. The lowest BCUT2D eigenvalue weighted by Gasteiger charge is -2.33. The van der Waals surface area contributed by atoms with E-state index < -0.39 is 0 Å². The van der Waals surface area contributed by atoms with Gasteiger partial charge in [0, 0.05) is 22.1 Å². The van der Waals surface area contributed by atoms with Gasteiger partial charge in [-0.25, -0.2) is 0 Å². The van der Waals surface area contributed by atoms with E-state index in [4.69, 9.17) is 0 Å². The average Bonchev–Trinajstić information content (AvgIpc) is 3.72. The van der Waals surface area contributed by atoms with Gasteiger partial charge >= 0.3 is 0 Å². The van der Waals surface area contributed by atoms with Crippen molar-refractivity contribution < 1.29 is 0 Å². The zero-order valence-corrected chi connectivity index (χ0v) is 36.2. The van der Waals surface area contributed by atoms with Crippen LogP contribution in [0.5, 0.6) is 0 Å². The quantitative estimate of drug-likeness (QED) is 0.151. The summed E-state index contributed by atoms with van der Waals surface area (Å²) in [7, 11) is 0. The van der Waals surface area contributed by atoms with Crippen LogP contribution in [0.4, 0.5) is 17.1 Å². The molecule has 0 fully saturated rings. The summed E-state index contributed by atoms with van der Waals surface area (Å²) in [6, 6.07) is 79.0. The Bertz CT molecular complexity index is 3440. The van der Waals surface area contributed by atoms with Crippen molar-refractivity contribution >= 4 is 38.6 Å². The second-order valence-corrected chi connectivity index (χ2v) is 18.4. The van der Waals surface area contributed by atoms with Crippen molar-refractivity contribution in [2.75, 3.05) is 4.90 Å². The third kappa shape index (κ3) is 5.49. The normalized spacial score (nSPS) is 14.0. The van der Waals surface area contributed by atoms with E-state index in [1.807, 2.05) is 0 Å². The number of para-hydroxylation sites is 1. The van der Waals surface area contributed by atoms with E-state index in [2.05, 4.69) is 245 Å². The molecule has 0 saturated carbocycles. The summed E-state index contributed by atoms with van der Waals surface area (Å²) in [4.78, 5) is 2.55. The van der Waals surface area contributed by atoms with Crippen LogP contribution < -0.4 is 4.90 Å². The van der Waals surface area contributed by atoms with Gasteiger partial charge in [0.15, 0.2) is 0 Å². The highest BCUT2D eigenvalue weighted by molar-refractivity contribution is 6.21. The minimum atomic E-state index is -0.221. The molecule has 0 spiro atoms. The molecule has 1 heteroatoms. The Morgan fingerprint density at radius 2 is 0.746 bits per heavy atom. The predicted octanol–water partition coefficient (Wildman–Crippen LogP) is 17.1. The van der Waals surface area contributed by atoms with Crippen LogP contribution in [0, 0.1) is 0 Å². The van der Waals surface area contributed by atoms with Gasteiger partial charge in [-0.2, -0.15) is 0 Å². The summed E-state index contributed by atoms with van der Waals surface area (Å²) >= 11 is 0. The lowest BCUT2D eigenvalue weighted by atomic mass is 9.81. The van der Waals surface area contributed by atoms with Crippen LogP contribution in [-0.4, -0.2) is 0 Å². The Morgan fingerprint density at radius 3 is 1.43 bits per heavy atom. The van der Waals surface area contributed by atoms with E-state index in [1.165, 1.54) is 105 Å². The summed E-state index contributed by atoms with van der Waals surface area (Å²) in [5.41, 5.74) is 21.3. The molecule has 0 atom stereocenters. The van der Waals surface area contributed by atoms with Gasteiger partial charge in [-0.1, -0.05) is 216 Å². The molecular formula is C62H47N. The average molecular weight is 806 g/mol. The minimum Gasteiger partial charge on any atom is -0.310 e. The summed E-state index contributed by atoms with van der Waals surface area (Å²) in [6.07, 6.45) is 0. The van der Waals surface area contributed by atoms with E-state index in [0.717, 1.165) is 11.4 Å². The van der Waals surface area contributed by atoms with E-state index in [1.54, 1.807) is 0 Å². The van der Waals surface area contributed by atoms with Crippen molar-refractivity contribution in [2.24, 2.45) is 0 Å². The number of rotatable bonds is 6. The van der Waals surface area contributed by atoms with Crippen LogP contribution >= 0.6 is 0 Å². The molecule has 63 heavy (non-hydrogen) atoms. The molecule has 12 rings (SSSR count). The molecule has 2 aliphatic carbocycles. The van der Waals surface area contributed by atoms with Crippen molar-refractivity contribution in [2.45, 2.75) is 38.5 Å². The maximum atomic E-state index is 2.55. The van der Waals surface area contributed by atoms with E-state index in [9.17, 15) is 0 Å². The highest BCUT2D eigenvalue weighted by Gasteiger charge is 2.40. The molecule has 0 radical (unpaired) electrons. The molecule has 10 aromatic carbocycles. The van der Waals surface area contributed by atoms with Gasteiger partial charge in [0.2, 0.25) is 0 Å². The SMILES string of the molecule is CC1(C)c2ccccc2-c2c(-c3ccccc3N(c3ccc(-c4c(-c5ccccc5)c5ccccc5c5ccccc45)cc3)c3cccc4c3C(C)(C)c3ccccc3-4)cccc21. The number of nitrogens with zero attached hydrogens (tertiary/aromatic N) is 1. The molecule has 0 aliphatic heterocycles. The van der Waals surface area contributed by atoms with E-state index >= 15 is 0 Å². The lowest BCUT2D eigenvalue weighted by Crippen LogP contribution is -2.21.